The Morgan fingerprint density at radius 2 is 2.29 bits per heavy atom. The van der Waals surface area contributed by atoms with E-state index in [0.29, 0.717) is 0 Å². The summed E-state index contributed by atoms with van der Waals surface area (Å²) in [7, 11) is 4.20. The smallest absolute Gasteiger partial charge is 0.0506 e. The standard InChI is InChI=1S/C11H24N2O/c1-13(2)7-4-8-14-10-11-5-3-6-12-9-11/h11-12H,3-10H2,1-2H3/t11-/m0/s1. The Balaban J connectivity index is 1.87. The summed E-state index contributed by atoms with van der Waals surface area (Å²) >= 11 is 0. The van der Waals surface area contributed by atoms with E-state index in [1.807, 2.05) is 0 Å². The van der Waals surface area contributed by atoms with Gasteiger partial charge in [0.15, 0.2) is 0 Å². The van der Waals surface area contributed by atoms with Crippen LogP contribution in [0.3, 0.4) is 0 Å². The lowest BCUT2D eigenvalue weighted by Crippen LogP contribution is -2.32. The summed E-state index contributed by atoms with van der Waals surface area (Å²) in [4.78, 5) is 2.20. The van der Waals surface area contributed by atoms with E-state index in [0.717, 1.165) is 38.6 Å². The van der Waals surface area contributed by atoms with Crippen LogP contribution in [0.15, 0.2) is 0 Å². The molecule has 14 heavy (non-hydrogen) atoms. The van der Waals surface area contributed by atoms with Crippen molar-refractivity contribution in [3.8, 4) is 0 Å². The van der Waals surface area contributed by atoms with E-state index in [1.165, 1.54) is 19.4 Å². The highest BCUT2D eigenvalue weighted by atomic mass is 16.5. The zero-order valence-electron chi connectivity index (χ0n) is 9.59. The highest BCUT2D eigenvalue weighted by Crippen LogP contribution is 2.09. The van der Waals surface area contributed by atoms with Crippen molar-refractivity contribution in [2.24, 2.45) is 5.92 Å². The quantitative estimate of drug-likeness (QED) is 0.646. The fraction of sp³-hybridized carbons (Fsp3) is 1.00. The molecule has 1 atom stereocenters. The lowest BCUT2D eigenvalue weighted by Gasteiger charge is -2.22. The predicted octanol–water partition coefficient (Wildman–Crippen LogP) is 0.954. The molecule has 0 aliphatic carbocycles. The molecule has 3 nitrogen and oxygen atoms in total. The van der Waals surface area contributed by atoms with Gasteiger partial charge in [0.2, 0.25) is 0 Å². The largest absolute Gasteiger partial charge is 0.381 e. The minimum Gasteiger partial charge on any atom is -0.381 e. The van der Waals surface area contributed by atoms with Gasteiger partial charge in [0, 0.05) is 13.2 Å². The number of hydrogen-bond donors (Lipinski definition) is 1. The van der Waals surface area contributed by atoms with Crippen molar-refractivity contribution in [3.63, 3.8) is 0 Å². The summed E-state index contributed by atoms with van der Waals surface area (Å²) in [5, 5.41) is 3.41. The molecule has 1 aliphatic heterocycles. The Hall–Kier alpha value is -0.120. The molecule has 1 heterocycles. The van der Waals surface area contributed by atoms with E-state index in [-0.39, 0.29) is 0 Å². The Morgan fingerprint density at radius 1 is 1.43 bits per heavy atom. The van der Waals surface area contributed by atoms with Gasteiger partial charge in [0.05, 0.1) is 6.61 Å². The minimum absolute atomic E-state index is 0.753. The topological polar surface area (TPSA) is 24.5 Å². The molecule has 1 N–H and O–H groups in total. The van der Waals surface area contributed by atoms with E-state index < -0.39 is 0 Å². The maximum absolute atomic E-state index is 5.66. The van der Waals surface area contributed by atoms with Gasteiger partial charge in [0.25, 0.3) is 0 Å². The molecular formula is C11H24N2O. The van der Waals surface area contributed by atoms with Crippen molar-refractivity contribution in [1.82, 2.24) is 10.2 Å². The van der Waals surface area contributed by atoms with Crippen LogP contribution in [0, 0.1) is 5.92 Å². The van der Waals surface area contributed by atoms with Crippen LogP contribution < -0.4 is 5.32 Å². The van der Waals surface area contributed by atoms with Gasteiger partial charge < -0.3 is 15.0 Å². The molecule has 0 aromatic carbocycles. The lowest BCUT2D eigenvalue weighted by atomic mass is 10.0. The van der Waals surface area contributed by atoms with Crippen LogP contribution in [-0.2, 0) is 4.74 Å². The monoisotopic (exact) mass is 200 g/mol. The molecule has 0 unspecified atom stereocenters. The van der Waals surface area contributed by atoms with Crippen LogP contribution in [0.5, 0.6) is 0 Å². The first kappa shape index (κ1) is 12.0. The highest BCUT2D eigenvalue weighted by molar-refractivity contribution is 4.68. The third kappa shape index (κ3) is 5.58. The average Bonchev–Trinajstić information content (AvgIpc) is 2.18. The van der Waals surface area contributed by atoms with Crippen LogP contribution in [0.1, 0.15) is 19.3 Å². The molecule has 0 aromatic rings. The van der Waals surface area contributed by atoms with E-state index in [4.69, 9.17) is 4.74 Å². The number of hydrogen-bond acceptors (Lipinski definition) is 3. The number of ether oxygens (including phenoxy) is 1. The van der Waals surface area contributed by atoms with Crippen LogP contribution >= 0.6 is 0 Å². The molecule has 0 bridgehead atoms. The van der Waals surface area contributed by atoms with Gasteiger partial charge in [-0.15, -0.1) is 0 Å². The van der Waals surface area contributed by atoms with Crippen molar-refractivity contribution >= 4 is 0 Å². The van der Waals surface area contributed by atoms with Crippen molar-refractivity contribution in [2.75, 3.05) is 46.9 Å². The summed E-state index contributed by atoms with van der Waals surface area (Å²) in [5.41, 5.74) is 0. The fourth-order valence-electron chi connectivity index (χ4n) is 1.80. The summed E-state index contributed by atoms with van der Waals surface area (Å²) in [5.74, 6) is 0.753. The highest BCUT2D eigenvalue weighted by Gasteiger charge is 2.12. The first-order valence-electron chi connectivity index (χ1n) is 5.72. The van der Waals surface area contributed by atoms with Crippen molar-refractivity contribution in [1.29, 1.82) is 0 Å². The zero-order chi connectivity index (χ0) is 10.2. The third-order valence-corrected chi connectivity index (χ3v) is 2.65. The molecule has 0 aromatic heterocycles. The molecule has 1 rings (SSSR count). The average molecular weight is 200 g/mol. The molecule has 0 amide bonds. The molecule has 1 saturated heterocycles. The third-order valence-electron chi connectivity index (χ3n) is 2.65. The Bertz CT molecular complexity index is 133. The first-order valence-corrected chi connectivity index (χ1v) is 5.72. The summed E-state index contributed by atoms with van der Waals surface area (Å²) < 4.78 is 5.66. The predicted molar refractivity (Wildman–Crippen MR) is 59.6 cm³/mol. The lowest BCUT2D eigenvalue weighted by molar-refractivity contribution is 0.0846. The summed E-state index contributed by atoms with van der Waals surface area (Å²) in [6.45, 7) is 5.32. The van der Waals surface area contributed by atoms with Crippen LogP contribution in [0.4, 0.5) is 0 Å². The van der Waals surface area contributed by atoms with Gasteiger partial charge >= 0.3 is 0 Å². The van der Waals surface area contributed by atoms with Gasteiger partial charge in [0.1, 0.15) is 0 Å². The second-order valence-electron chi connectivity index (χ2n) is 4.44. The molecule has 1 fully saturated rings. The minimum atomic E-state index is 0.753. The van der Waals surface area contributed by atoms with Crippen LogP contribution in [0.25, 0.3) is 0 Å². The van der Waals surface area contributed by atoms with E-state index >= 15 is 0 Å². The zero-order valence-corrected chi connectivity index (χ0v) is 9.59. The number of rotatable bonds is 6. The summed E-state index contributed by atoms with van der Waals surface area (Å²) in [6.07, 6.45) is 3.79. The van der Waals surface area contributed by atoms with Gasteiger partial charge in [-0.1, -0.05) is 0 Å². The van der Waals surface area contributed by atoms with Gasteiger partial charge in [-0.2, -0.15) is 0 Å². The van der Waals surface area contributed by atoms with Crippen molar-refractivity contribution < 1.29 is 4.74 Å². The summed E-state index contributed by atoms with van der Waals surface area (Å²) in [6, 6.07) is 0. The van der Waals surface area contributed by atoms with Crippen LogP contribution in [0.2, 0.25) is 0 Å². The van der Waals surface area contributed by atoms with E-state index in [1.54, 1.807) is 0 Å². The maximum atomic E-state index is 5.66. The molecule has 0 spiro atoms. The van der Waals surface area contributed by atoms with Gasteiger partial charge in [-0.25, -0.2) is 0 Å². The molecule has 0 radical (unpaired) electrons. The molecule has 0 saturated carbocycles. The molecule has 84 valence electrons. The Kier molecular flexibility index (Phi) is 6.15. The first-order chi connectivity index (χ1) is 6.79. The number of nitrogens with one attached hydrogen (secondary N) is 1. The number of nitrogens with zero attached hydrogens (tertiary/aromatic N) is 1. The second-order valence-corrected chi connectivity index (χ2v) is 4.44. The van der Waals surface area contributed by atoms with E-state index in [2.05, 4.69) is 24.3 Å². The molecule has 3 heteroatoms. The maximum Gasteiger partial charge on any atom is 0.0506 e. The molecular weight excluding hydrogens is 176 g/mol. The molecule has 1 aliphatic rings. The van der Waals surface area contributed by atoms with Crippen molar-refractivity contribution in [2.45, 2.75) is 19.3 Å². The Morgan fingerprint density at radius 3 is 2.93 bits per heavy atom. The SMILES string of the molecule is CN(C)CCCOC[C@H]1CCCNC1. The fourth-order valence-corrected chi connectivity index (χ4v) is 1.80. The second kappa shape index (κ2) is 7.21. The number of piperidine rings is 1. The van der Waals surface area contributed by atoms with Gasteiger partial charge in [-0.05, 0) is 52.4 Å². The van der Waals surface area contributed by atoms with E-state index in [9.17, 15) is 0 Å². The van der Waals surface area contributed by atoms with Crippen LogP contribution in [-0.4, -0.2) is 51.8 Å². The Labute approximate surface area is 87.8 Å². The normalized spacial score (nSPS) is 22.9. The van der Waals surface area contributed by atoms with Gasteiger partial charge in [-0.3, -0.25) is 0 Å². The van der Waals surface area contributed by atoms with Crippen molar-refractivity contribution in [3.05, 3.63) is 0 Å².